The number of carbonyl (C=O) groups excluding carboxylic acids is 2. The number of carbonyl (C=O) groups is 2. The molecule has 1 heterocycles. The van der Waals surface area contributed by atoms with E-state index in [0.29, 0.717) is 23.5 Å². The number of hydrogen-bond donors (Lipinski definition) is 4. The Hall–Kier alpha value is -2.77. The number of rotatable bonds is 5. The van der Waals surface area contributed by atoms with E-state index in [1.54, 1.807) is 24.3 Å². The van der Waals surface area contributed by atoms with Crippen LogP contribution in [-0.2, 0) is 4.79 Å². The molecule has 0 aliphatic carbocycles. The average molecular weight is 372 g/mol. The first kappa shape index (κ1) is 19.0. The Morgan fingerprint density at radius 2 is 1.63 bits per heavy atom. The second-order valence-electron chi connectivity index (χ2n) is 6.94. The molecule has 0 atom stereocenters. The van der Waals surface area contributed by atoms with Gasteiger partial charge in [0.25, 0.3) is 11.8 Å². The minimum Gasteiger partial charge on any atom is -0.328 e. The fraction of sp³-hybridized carbons (Fsp3) is 0.300. The standard InChI is InChI=1S/C20H23FN4O2/c1-24-10-12-25(13-11-24)14-19(26)23-18-5-3-2-4-17(18)20(27)22-16-8-6-15(21)7-9-16/h2-9H,10-14H2,1H3,(H,22,27)(H,23,26)/p+2. The maximum Gasteiger partial charge on any atom is 0.279 e. The molecule has 0 radical (unpaired) electrons. The van der Waals surface area contributed by atoms with Crippen LogP contribution in [0.5, 0.6) is 0 Å². The number of halogens is 1. The van der Waals surface area contributed by atoms with E-state index >= 15 is 0 Å². The maximum absolute atomic E-state index is 13.0. The van der Waals surface area contributed by atoms with Crippen LogP contribution in [0.2, 0.25) is 0 Å². The van der Waals surface area contributed by atoms with Gasteiger partial charge in [-0.05, 0) is 36.4 Å². The average Bonchev–Trinajstić information content (AvgIpc) is 2.66. The largest absolute Gasteiger partial charge is 0.328 e. The Kier molecular flexibility index (Phi) is 6.16. The second-order valence-corrected chi connectivity index (χ2v) is 6.94. The van der Waals surface area contributed by atoms with Crippen LogP contribution in [0, 0.1) is 5.82 Å². The van der Waals surface area contributed by atoms with Gasteiger partial charge in [0, 0.05) is 5.69 Å². The summed E-state index contributed by atoms with van der Waals surface area (Å²) in [6, 6.07) is 12.4. The van der Waals surface area contributed by atoms with Gasteiger partial charge in [-0.25, -0.2) is 4.39 Å². The first-order chi connectivity index (χ1) is 13.0. The molecule has 1 fully saturated rings. The molecule has 7 heteroatoms. The molecule has 6 nitrogen and oxygen atoms in total. The van der Waals surface area contributed by atoms with Gasteiger partial charge in [-0.2, -0.15) is 0 Å². The molecule has 27 heavy (non-hydrogen) atoms. The number of likely N-dealkylation sites (N-methyl/N-ethyl adjacent to an activating group) is 1. The van der Waals surface area contributed by atoms with Crippen LogP contribution in [0.4, 0.5) is 15.8 Å². The molecule has 1 aliphatic heterocycles. The number of benzene rings is 2. The summed E-state index contributed by atoms with van der Waals surface area (Å²) < 4.78 is 13.0. The molecule has 1 saturated heterocycles. The minimum atomic E-state index is -0.367. The zero-order valence-corrected chi connectivity index (χ0v) is 15.3. The van der Waals surface area contributed by atoms with Gasteiger partial charge in [-0.1, -0.05) is 12.1 Å². The number of anilines is 2. The molecule has 0 spiro atoms. The molecular weight excluding hydrogens is 347 g/mol. The Morgan fingerprint density at radius 1 is 0.963 bits per heavy atom. The predicted octanol–water partition coefficient (Wildman–Crippen LogP) is -0.570. The van der Waals surface area contributed by atoms with Crippen molar-refractivity contribution in [1.29, 1.82) is 0 Å². The summed E-state index contributed by atoms with van der Waals surface area (Å²) in [5, 5.41) is 5.58. The Morgan fingerprint density at radius 3 is 2.33 bits per heavy atom. The Labute approximate surface area is 158 Å². The quantitative estimate of drug-likeness (QED) is 0.568. The monoisotopic (exact) mass is 372 g/mol. The Balaban J connectivity index is 1.63. The van der Waals surface area contributed by atoms with Crippen LogP contribution in [0.3, 0.4) is 0 Å². The van der Waals surface area contributed by atoms with Gasteiger partial charge in [-0.3, -0.25) is 9.59 Å². The fourth-order valence-corrected chi connectivity index (χ4v) is 3.15. The molecule has 1 aliphatic rings. The SMILES string of the molecule is C[NH+]1CC[NH+](CC(=O)Nc2ccccc2C(=O)Nc2ccc(F)cc2)CC1. The highest BCUT2D eigenvalue weighted by Gasteiger charge is 2.23. The predicted molar refractivity (Wildman–Crippen MR) is 102 cm³/mol. The third-order valence-electron chi connectivity index (χ3n) is 4.77. The lowest BCUT2D eigenvalue weighted by atomic mass is 10.1. The smallest absolute Gasteiger partial charge is 0.279 e. The van der Waals surface area contributed by atoms with Crippen molar-refractivity contribution < 1.29 is 23.8 Å². The van der Waals surface area contributed by atoms with Crippen molar-refractivity contribution in [3.63, 3.8) is 0 Å². The lowest BCUT2D eigenvalue weighted by molar-refractivity contribution is -0.999. The number of amides is 2. The van der Waals surface area contributed by atoms with Gasteiger partial charge < -0.3 is 20.4 Å². The van der Waals surface area contributed by atoms with E-state index in [-0.39, 0.29) is 17.6 Å². The van der Waals surface area contributed by atoms with Crippen LogP contribution >= 0.6 is 0 Å². The van der Waals surface area contributed by atoms with Crippen molar-refractivity contribution in [2.45, 2.75) is 0 Å². The molecule has 0 saturated carbocycles. The number of quaternary nitrogens is 2. The summed E-state index contributed by atoms with van der Waals surface area (Å²) in [7, 11) is 2.16. The van der Waals surface area contributed by atoms with E-state index in [0.717, 1.165) is 26.2 Å². The fourth-order valence-electron chi connectivity index (χ4n) is 3.15. The highest BCUT2D eigenvalue weighted by atomic mass is 19.1. The molecule has 4 N–H and O–H groups in total. The van der Waals surface area contributed by atoms with Crippen molar-refractivity contribution in [3.05, 3.63) is 59.9 Å². The van der Waals surface area contributed by atoms with Crippen LogP contribution < -0.4 is 20.4 Å². The molecule has 0 unspecified atom stereocenters. The first-order valence-corrected chi connectivity index (χ1v) is 9.12. The van der Waals surface area contributed by atoms with Gasteiger partial charge in [0.05, 0.1) is 18.3 Å². The lowest BCUT2D eigenvalue weighted by Crippen LogP contribution is -3.27. The van der Waals surface area contributed by atoms with Gasteiger partial charge in [0.15, 0.2) is 6.54 Å². The third kappa shape index (κ3) is 5.35. The summed E-state index contributed by atoms with van der Waals surface area (Å²) in [6.45, 7) is 4.43. The maximum atomic E-state index is 13.0. The molecule has 0 aromatic heterocycles. The minimum absolute atomic E-state index is 0.105. The van der Waals surface area contributed by atoms with E-state index in [4.69, 9.17) is 0 Å². The zero-order valence-electron chi connectivity index (χ0n) is 15.3. The lowest BCUT2D eigenvalue weighted by Gasteiger charge is -2.26. The second kappa shape index (κ2) is 8.75. The van der Waals surface area contributed by atoms with Crippen molar-refractivity contribution in [2.24, 2.45) is 0 Å². The molecular formula is C20H25FN4O2+2. The number of nitrogens with one attached hydrogen (secondary N) is 4. The number of piperazine rings is 1. The topological polar surface area (TPSA) is 67.1 Å². The van der Waals surface area contributed by atoms with Crippen LogP contribution in [-0.4, -0.2) is 51.6 Å². The van der Waals surface area contributed by atoms with Crippen molar-refractivity contribution >= 4 is 23.2 Å². The van der Waals surface area contributed by atoms with E-state index in [1.807, 2.05) is 0 Å². The highest BCUT2D eigenvalue weighted by Crippen LogP contribution is 2.17. The zero-order chi connectivity index (χ0) is 19.2. The van der Waals surface area contributed by atoms with Gasteiger partial charge in [-0.15, -0.1) is 0 Å². The molecule has 0 bridgehead atoms. The highest BCUT2D eigenvalue weighted by molar-refractivity contribution is 6.10. The Bertz CT molecular complexity index is 802. The molecule has 2 aromatic rings. The molecule has 3 rings (SSSR count). The summed E-state index contributed by atoms with van der Waals surface area (Å²) >= 11 is 0. The normalized spacial score (nSPS) is 19.3. The molecule has 142 valence electrons. The molecule has 2 aromatic carbocycles. The van der Waals surface area contributed by atoms with E-state index in [1.165, 1.54) is 34.1 Å². The van der Waals surface area contributed by atoms with Crippen molar-refractivity contribution in [1.82, 2.24) is 0 Å². The summed E-state index contributed by atoms with van der Waals surface area (Å²) in [6.07, 6.45) is 0. The summed E-state index contributed by atoms with van der Waals surface area (Å²) in [5.74, 6) is -0.826. The van der Waals surface area contributed by atoms with Crippen LogP contribution in [0.15, 0.2) is 48.5 Å². The molecule has 2 amide bonds. The van der Waals surface area contributed by atoms with Gasteiger partial charge in [0.2, 0.25) is 0 Å². The van der Waals surface area contributed by atoms with Gasteiger partial charge in [0.1, 0.15) is 32.0 Å². The van der Waals surface area contributed by atoms with Crippen molar-refractivity contribution in [3.8, 4) is 0 Å². The van der Waals surface area contributed by atoms with Crippen molar-refractivity contribution in [2.75, 3.05) is 50.4 Å². The first-order valence-electron chi connectivity index (χ1n) is 9.12. The van der Waals surface area contributed by atoms with Crippen LogP contribution in [0.25, 0.3) is 0 Å². The third-order valence-corrected chi connectivity index (χ3v) is 4.77. The number of para-hydroxylation sites is 1. The summed E-state index contributed by atoms with van der Waals surface area (Å²) in [4.78, 5) is 27.7. The van der Waals surface area contributed by atoms with Crippen LogP contribution in [0.1, 0.15) is 10.4 Å². The van der Waals surface area contributed by atoms with E-state index in [2.05, 4.69) is 17.7 Å². The number of hydrogen-bond acceptors (Lipinski definition) is 2. The van der Waals surface area contributed by atoms with E-state index < -0.39 is 0 Å². The van der Waals surface area contributed by atoms with Gasteiger partial charge >= 0.3 is 0 Å². The van der Waals surface area contributed by atoms with E-state index in [9.17, 15) is 14.0 Å². The summed E-state index contributed by atoms with van der Waals surface area (Å²) in [5.41, 5.74) is 1.33.